The van der Waals surface area contributed by atoms with Crippen LogP contribution >= 0.6 is 12.4 Å². The Morgan fingerprint density at radius 2 is 1.74 bits per heavy atom. The number of nitrogens with zero attached hydrogens (tertiary/aromatic N) is 1. The molecule has 126 valence electrons. The number of likely N-dealkylation sites (N-methyl/N-ethyl adjacent to an activating group) is 1. The maximum absolute atomic E-state index is 12.4. The molecule has 0 amide bonds. The van der Waals surface area contributed by atoms with Crippen molar-refractivity contribution in [3.05, 3.63) is 42.0 Å². The number of benzene rings is 2. The summed E-state index contributed by atoms with van der Waals surface area (Å²) in [5.74, 6) is -0.296. The minimum Gasteiger partial charge on any atom is -0.460 e. The van der Waals surface area contributed by atoms with Gasteiger partial charge in [-0.05, 0) is 37.5 Å². The van der Waals surface area contributed by atoms with E-state index in [1.54, 1.807) is 12.1 Å². The Morgan fingerprint density at radius 1 is 1.13 bits per heavy atom. The lowest BCUT2D eigenvalue weighted by atomic mass is 10.0. The molecule has 2 rings (SSSR count). The number of carbonyl (C=O) groups excluding carboxylic acids is 1. The number of fused-ring (bicyclic) bond motifs is 1. The highest BCUT2D eigenvalue weighted by molar-refractivity contribution is 6.07. The smallest absolute Gasteiger partial charge is 0.338 e. The number of hydrogen-bond donors (Lipinski definition) is 1. The molecule has 1 unspecified atom stereocenters. The molecule has 0 spiro atoms. The van der Waals surface area contributed by atoms with E-state index in [4.69, 9.17) is 10.5 Å². The first-order valence-corrected chi connectivity index (χ1v) is 7.76. The Balaban J connectivity index is 0.00000264. The van der Waals surface area contributed by atoms with Crippen LogP contribution in [0.4, 0.5) is 5.69 Å². The Bertz CT molecular complexity index is 657. The van der Waals surface area contributed by atoms with Gasteiger partial charge in [0.05, 0.1) is 5.56 Å². The summed E-state index contributed by atoms with van der Waals surface area (Å²) in [6.07, 6.45) is 0. The number of rotatable bonds is 6. The Kier molecular flexibility index (Phi) is 7.33. The highest BCUT2D eigenvalue weighted by Crippen LogP contribution is 2.25. The van der Waals surface area contributed by atoms with E-state index in [-0.39, 0.29) is 24.4 Å². The van der Waals surface area contributed by atoms with Crippen LogP contribution in [0.25, 0.3) is 10.8 Å². The summed E-state index contributed by atoms with van der Waals surface area (Å²) in [5, 5.41) is 1.72. The van der Waals surface area contributed by atoms with Gasteiger partial charge in [0.25, 0.3) is 0 Å². The summed E-state index contributed by atoms with van der Waals surface area (Å²) in [6.45, 7) is 8.56. The van der Waals surface area contributed by atoms with E-state index < -0.39 is 0 Å². The van der Waals surface area contributed by atoms with Crippen LogP contribution in [0.5, 0.6) is 0 Å². The number of anilines is 1. The second-order valence-electron chi connectivity index (χ2n) is 5.42. The molecular formula is C18H25ClN2O2. The van der Waals surface area contributed by atoms with Crippen LogP contribution in [0.2, 0.25) is 0 Å². The minimum absolute atomic E-state index is 0. The quantitative estimate of drug-likeness (QED) is 0.645. The fraction of sp³-hybridized carbons (Fsp3) is 0.389. The molecule has 0 saturated heterocycles. The van der Waals surface area contributed by atoms with Crippen molar-refractivity contribution < 1.29 is 9.53 Å². The zero-order valence-electron chi connectivity index (χ0n) is 13.9. The largest absolute Gasteiger partial charge is 0.460 e. The lowest BCUT2D eigenvalue weighted by molar-refractivity contribution is 0.0384. The van der Waals surface area contributed by atoms with Gasteiger partial charge in [-0.1, -0.05) is 38.1 Å². The molecule has 2 N–H and O–H groups in total. The van der Waals surface area contributed by atoms with Crippen molar-refractivity contribution in [2.24, 2.45) is 0 Å². The van der Waals surface area contributed by atoms with E-state index in [9.17, 15) is 4.79 Å². The van der Waals surface area contributed by atoms with Crippen molar-refractivity contribution in [1.82, 2.24) is 4.90 Å². The van der Waals surface area contributed by atoms with E-state index in [0.29, 0.717) is 17.9 Å². The predicted octanol–water partition coefficient (Wildman–Crippen LogP) is 3.73. The molecule has 0 aliphatic rings. The maximum atomic E-state index is 12.4. The van der Waals surface area contributed by atoms with Gasteiger partial charge in [0.15, 0.2) is 0 Å². The Hall–Kier alpha value is -1.78. The van der Waals surface area contributed by atoms with Crippen LogP contribution < -0.4 is 5.73 Å². The molecule has 0 radical (unpaired) electrons. The average molecular weight is 337 g/mol. The van der Waals surface area contributed by atoms with Gasteiger partial charge in [-0.2, -0.15) is 0 Å². The maximum Gasteiger partial charge on any atom is 0.338 e. The van der Waals surface area contributed by atoms with E-state index in [1.807, 2.05) is 24.3 Å². The van der Waals surface area contributed by atoms with Crippen LogP contribution in [0.15, 0.2) is 36.4 Å². The van der Waals surface area contributed by atoms with E-state index in [1.165, 1.54) is 0 Å². The van der Waals surface area contributed by atoms with E-state index in [0.717, 1.165) is 23.9 Å². The van der Waals surface area contributed by atoms with Crippen LogP contribution in [0.3, 0.4) is 0 Å². The molecule has 0 bridgehead atoms. The zero-order valence-corrected chi connectivity index (χ0v) is 14.7. The van der Waals surface area contributed by atoms with Gasteiger partial charge in [0.2, 0.25) is 0 Å². The van der Waals surface area contributed by atoms with Gasteiger partial charge >= 0.3 is 5.97 Å². The fourth-order valence-electron chi connectivity index (χ4n) is 2.73. The van der Waals surface area contributed by atoms with Gasteiger partial charge in [0.1, 0.15) is 6.61 Å². The second-order valence-corrected chi connectivity index (χ2v) is 5.42. The van der Waals surface area contributed by atoms with Gasteiger partial charge in [0, 0.05) is 17.1 Å². The highest BCUT2D eigenvalue weighted by Gasteiger charge is 2.16. The molecule has 2 aromatic rings. The van der Waals surface area contributed by atoms with Crippen LogP contribution in [0, 0.1) is 0 Å². The number of hydrogen-bond acceptors (Lipinski definition) is 4. The van der Waals surface area contributed by atoms with Crippen LogP contribution in [-0.2, 0) is 4.74 Å². The third-order valence-corrected chi connectivity index (χ3v) is 4.07. The van der Waals surface area contributed by atoms with Crippen molar-refractivity contribution >= 4 is 34.8 Å². The molecule has 0 saturated carbocycles. The van der Waals surface area contributed by atoms with Crippen molar-refractivity contribution in [2.75, 3.05) is 25.4 Å². The summed E-state index contributed by atoms with van der Waals surface area (Å²) in [4.78, 5) is 14.7. The van der Waals surface area contributed by atoms with Crippen molar-refractivity contribution in [3.63, 3.8) is 0 Å². The first-order chi connectivity index (χ1) is 10.6. The first-order valence-electron chi connectivity index (χ1n) is 7.76. The van der Waals surface area contributed by atoms with Crippen LogP contribution in [-0.4, -0.2) is 36.6 Å². The van der Waals surface area contributed by atoms with Gasteiger partial charge < -0.3 is 10.5 Å². The third kappa shape index (κ3) is 4.36. The van der Waals surface area contributed by atoms with E-state index >= 15 is 0 Å². The Morgan fingerprint density at radius 3 is 2.35 bits per heavy atom. The molecule has 4 nitrogen and oxygen atoms in total. The second kappa shape index (κ2) is 8.75. The fourth-order valence-corrected chi connectivity index (χ4v) is 2.73. The van der Waals surface area contributed by atoms with Crippen molar-refractivity contribution in [2.45, 2.75) is 26.8 Å². The van der Waals surface area contributed by atoms with Crippen molar-refractivity contribution in [1.29, 1.82) is 0 Å². The van der Waals surface area contributed by atoms with Crippen LogP contribution in [0.1, 0.15) is 31.1 Å². The summed E-state index contributed by atoms with van der Waals surface area (Å²) >= 11 is 0. The monoisotopic (exact) mass is 336 g/mol. The normalized spacial score (nSPS) is 12.0. The average Bonchev–Trinajstić information content (AvgIpc) is 2.54. The summed E-state index contributed by atoms with van der Waals surface area (Å²) in [5.41, 5.74) is 7.20. The molecule has 2 aromatic carbocycles. The number of halogens is 1. The lowest BCUT2D eigenvalue weighted by Gasteiger charge is -2.25. The topological polar surface area (TPSA) is 55.6 Å². The van der Waals surface area contributed by atoms with E-state index in [2.05, 4.69) is 25.7 Å². The lowest BCUT2D eigenvalue weighted by Crippen LogP contribution is -2.36. The summed E-state index contributed by atoms with van der Waals surface area (Å²) in [7, 11) is 0. The zero-order chi connectivity index (χ0) is 16.1. The molecule has 5 heteroatoms. The highest BCUT2D eigenvalue weighted by atomic mass is 35.5. The standard InChI is InChI=1S/C18H24N2O2.ClH/c1-4-20(5-2)13(3)12-22-18(21)16-10-11-17(19)15-9-7-6-8-14(15)16;/h6-11,13H,4-5,12,19H2,1-3H3;1H. The van der Waals surface area contributed by atoms with Gasteiger partial charge in [-0.25, -0.2) is 4.79 Å². The molecular weight excluding hydrogens is 312 g/mol. The molecule has 1 atom stereocenters. The number of carbonyl (C=O) groups is 1. The molecule has 23 heavy (non-hydrogen) atoms. The predicted molar refractivity (Wildman–Crippen MR) is 98.3 cm³/mol. The molecule has 0 heterocycles. The molecule has 0 aliphatic heterocycles. The van der Waals surface area contributed by atoms with Crippen molar-refractivity contribution in [3.8, 4) is 0 Å². The van der Waals surface area contributed by atoms with Gasteiger partial charge in [-0.15, -0.1) is 12.4 Å². The summed E-state index contributed by atoms with van der Waals surface area (Å²) < 4.78 is 5.50. The molecule has 0 fully saturated rings. The number of nitrogens with two attached hydrogens (primary N) is 1. The number of esters is 1. The number of ether oxygens (including phenoxy) is 1. The third-order valence-electron chi connectivity index (χ3n) is 4.07. The SMILES string of the molecule is CCN(CC)C(C)COC(=O)c1ccc(N)c2ccccc12.Cl. The first kappa shape index (κ1) is 19.3. The molecule has 0 aliphatic carbocycles. The minimum atomic E-state index is -0.296. The Labute approximate surface area is 144 Å². The molecule has 0 aromatic heterocycles. The number of nitrogen functional groups attached to an aromatic ring is 1. The summed E-state index contributed by atoms with van der Waals surface area (Å²) in [6, 6.07) is 11.3. The van der Waals surface area contributed by atoms with Gasteiger partial charge in [-0.3, -0.25) is 4.90 Å².